The average molecular weight is 577 g/mol. The topological polar surface area (TPSA) is 116 Å². The van der Waals surface area contributed by atoms with E-state index in [2.05, 4.69) is 21.1 Å². The van der Waals surface area contributed by atoms with Gasteiger partial charge in [-0.3, -0.25) is 4.79 Å². The van der Waals surface area contributed by atoms with Crippen molar-refractivity contribution in [2.45, 2.75) is 37.8 Å². The molecule has 10 heteroatoms. The number of hydrogen-bond donors (Lipinski definition) is 2. The van der Waals surface area contributed by atoms with E-state index in [-0.39, 0.29) is 17.9 Å². The van der Waals surface area contributed by atoms with Crippen molar-refractivity contribution < 1.29 is 32.5 Å². The Morgan fingerprint density at radius 1 is 1.02 bits per heavy atom. The highest BCUT2D eigenvalue weighted by molar-refractivity contribution is 7.89. The fraction of sp³-hybridized carbons (Fsp3) is 0.258. The summed E-state index contributed by atoms with van der Waals surface area (Å²) in [6.07, 6.45) is -0.0835. The number of rotatable bonds is 12. The Morgan fingerprint density at radius 2 is 1.73 bits per heavy atom. The number of nitrogens with zero attached hydrogens (tertiary/aromatic N) is 1. The summed E-state index contributed by atoms with van der Waals surface area (Å²) in [6.45, 7) is 4.24. The Morgan fingerprint density at radius 3 is 2.39 bits per heavy atom. The van der Waals surface area contributed by atoms with E-state index in [4.69, 9.17) is 14.2 Å². The number of fused-ring (bicyclic) bond motifs is 1. The maximum absolute atomic E-state index is 13.2. The minimum absolute atomic E-state index is 0.0744. The first-order chi connectivity index (χ1) is 19.7. The maximum atomic E-state index is 13.2. The zero-order chi connectivity index (χ0) is 29.6. The van der Waals surface area contributed by atoms with Crippen LogP contribution >= 0.6 is 0 Å². The second kappa shape index (κ2) is 12.8. The van der Waals surface area contributed by atoms with E-state index in [0.29, 0.717) is 23.6 Å². The van der Waals surface area contributed by atoms with Crippen molar-refractivity contribution >= 4 is 26.9 Å². The van der Waals surface area contributed by atoms with Gasteiger partial charge in [0.2, 0.25) is 10.0 Å². The smallest absolute Gasteiger partial charge is 0.322 e. The molecule has 0 radical (unpaired) electrons. The Balaban J connectivity index is 1.68. The van der Waals surface area contributed by atoms with Crippen LogP contribution in [0.1, 0.15) is 23.7 Å². The first-order valence-electron chi connectivity index (χ1n) is 12.8. The summed E-state index contributed by atoms with van der Waals surface area (Å²) >= 11 is 0. The number of carboxylic acids is 1. The number of nitrogens with one attached hydrogen (secondary N) is 1. The Labute approximate surface area is 239 Å². The second-order valence-electron chi connectivity index (χ2n) is 9.25. The maximum Gasteiger partial charge on any atom is 0.322 e. The third-order valence-electron chi connectivity index (χ3n) is 6.81. The van der Waals surface area contributed by atoms with Crippen LogP contribution in [0.3, 0.4) is 0 Å². The van der Waals surface area contributed by atoms with Crippen LogP contribution in [0.15, 0.2) is 71.6 Å². The molecule has 2 N–H and O–H groups in total. The number of aliphatic carboxylic acids is 1. The summed E-state index contributed by atoms with van der Waals surface area (Å²) in [5, 5.41) is 10.9. The Bertz CT molecular complexity index is 1720. The molecule has 0 aliphatic rings. The molecule has 0 aliphatic heterocycles. The normalized spacial score (nSPS) is 11.9. The van der Waals surface area contributed by atoms with Gasteiger partial charge in [0, 0.05) is 28.6 Å². The third-order valence-corrected chi connectivity index (χ3v) is 8.30. The van der Waals surface area contributed by atoms with Crippen LogP contribution < -0.4 is 18.9 Å². The van der Waals surface area contributed by atoms with E-state index >= 15 is 0 Å². The van der Waals surface area contributed by atoms with Gasteiger partial charge < -0.3 is 23.9 Å². The molecular weight excluding hydrogens is 544 g/mol. The van der Waals surface area contributed by atoms with Gasteiger partial charge in [-0.1, -0.05) is 24.1 Å². The van der Waals surface area contributed by atoms with Gasteiger partial charge in [0.25, 0.3) is 0 Å². The molecule has 0 unspecified atom stereocenters. The predicted molar refractivity (Wildman–Crippen MR) is 156 cm³/mol. The lowest BCUT2D eigenvalue weighted by atomic mass is 10.0. The molecule has 214 valence electrons. The molecular formula is C31H32N2O7S. The molecule has 0 bridgehead atoms. The molecule has 0 fully saturated rings. The molecule has 0 amide bonds. The summed E-state index contributed by atoms with van der Waals surface area (Å²) < 4.78 is 47.3. The summed E-state index contributed by atoms with van der Waals surface area (Å²) in [7, 11) is -0.990. The number of para-hydroxylation sites is 1. The number of methoxy groups -OCH3 is 2. The number of hydrogen-bond acceptors (Lipinski definition) is 6. The summed E-state index contributed by atoms with van der Waals surface area (Å²) in [4.78, 5) is 12.3. The second-order valence-corrected chi connectivity index (χ2v) is 11.0. The highest BCUT2D eigenvalue weighted by atomic mass is 32.2. The van der Waals surface area contributed by atoms with Crippen LogP contribution in [0.25, 0.3) is 10.9 Å². The lowest BCUT2D eigenvalue weighted by Gasteiger charge is -2.16. The lowest BCUT2D eigenvalue weighted by Crippen LogP contribution is -2.42. The van der Waals surface area contributed by atoms with Gasteiger partial charge >= 0.3 is 5.97 Å². The van der Waals surface area contributed by atoms with Crippen LogP contribution in [0.2, 0.25) is 0 Å². The van der Waals surface area contributed by atoms with E-state index in [0.717, 1.165) is 27.9 Å². The molecule has 0 aliphatic carbocycles. The van der Waals surface area contributed by atoms with Gasteiger partial charge in [0.05, 0.1) is 25.7 Å². The average Bonchev–Trinajstić information content (AvgIpc) is 3.22. The molecule has 4 rings (SSSR count). The van der Waals surface area contributed by atoms with Gasteiger partial charge in [-0.15, -0.1) is 5.92 Å². The fourth-order valence-electron chi connectivity index (χ4n) is 4.67. The number of carboxylic acid groups (broad SMARTS) is 1. The Kier molecular flexibility index (Phi) is 9.22. The summed E-state index contributed by atoms with van der Waals surface area (Å²) in [5.41, 5.74) is 3.31. The van der Waals surface area contributed by atoms with Crippen molar-refractivity contribution in [1.82, 2.24) is 9.29 Å². The molecule has 1 atom stereocenters. The monoisotopic (exact) mass is 576 g/mol. The first kappa shape index (κ1) is 29.5. The van der Waals surface area contributed by atoms with E-state index in [1.165, 1.54) is 24.3 Å². The molecule has 0 saturated heterocycles. The molecule has 1 aromatic heterocycles. The first-order valence-corrected chi connectivity index (χ1v) is 14.3. The van der Waals surface area contributed by atoms with Crippen LogP contribution in [-0.2, 0) is 27.8 Å². The molecule has 1 heterocycles. The number of sulfonamides is 1. The van der Waals surface area contributed by atoms with Gasteiger partial charge in [-0.2, -0.15) is 4.72 Å². The SMILES string of the molecule is CC#CCOc1ccc(S(=O)(=O)N[C@@H](Cc2c(C)n(Cc3ccccc3OC)c3ccc(OC)cc23)C(=O)O)cc1. The molecule has 4 aromatic rings. The van der Waals surface area contributed by atoms with Crippen LogP contribution in [0.5, 0.6) is 17.2 Å². The van der Waals surface area contributed by atoms with Crippen molar-refractivity contribution in [2.24, 2.45) is 0 Å². The van der Waals surface area contributed by atoms with Crippen molar-refractivity contribution in [1.29, 1.82) is 0 Å². The van der Waals surface area contributed by atoms with E-state index < -0.39 is 22.0 Å². The Hall–Kier alpha value is -4.46. The molecule has 41 heavy (non-hydrogen) atoms. The van der Waals surface area contributed by atoms with Gasteiger partial charge in [-0.05, 0) is 67.9 Å². The van der Waals surface area contributed by atoms with E-state index in [1.807, 2.05) is 49.4 Å². The third kappa shape index (κ3) is 6.65. The standard InChI is InChI=1S/C31H32N2O7S/c1-5-6-17-40-23-11-14-25(15-12-23)41(36,37)32-28(31(34)35)19-26-21(2)33(20-22-9-7-8-10-30(22)39-4)29-16-13-24(38-3)18-27(26)29/h7-16,18,28,32H,17,19-20H2,1-4H3,(H,34,35)/t28-/m0/s1. The highest BCUT2D eigenvalue weighted by Crippen LogP contribution is 2.32. The molecule has 0 saturated carbocycles. The number of aromatic nitrogens is 1. The minimum atomic E-state index is -4.16. The van der Waals surface area contributed by atoms with E-state index in [1.54, 1.807) is 21.1 Å². The molecule has 9 nitrogen and oxygen atoms in total. The van der Waals surface area contributed by atoms with Crippen LogP contribution in [-0.4, -0.2) is 50.9 Å². The summed E-state index contributed by atoms with van der Waals surface area (Å²) in [5.74, 6) is 5.98. The lowest BCUT2D eigenvalue weighted by molar-refractivity contribution is -0.138. The van der Waals surface area contributed by atoms with Crippen LogP contribution in [0, 0.1) is 18.8 Å². The zero-order valence-electron chi connectivity index (χ0n) is 23.3. The van der Waals surface area contributed by atoms with Gasteiger partial charge in [0.15, 0.2) is 0 Å². The van der Waals surface area contributed by atoms with Crippen molar-refractivity contribution in [3.05, 3.63) is 83.6 Å². The van der Waals surface area contributed by atoms with Crippen molar-refractivity contribution in [3.63, 3.8) is 0 Å². The summed E-state index contributed by atoms with van der Waals surface area (Å²) in [6, 6.07) is 17.6. The number of benzene rings is 3. The zero-order valence-corrected chi connectivity index (χ0v) is 24.1. The quantitative estimate of drug-likeness (QED) is 0.240. The fourth-order valence-corrected chi connectivity index (χ4v) is 5.86. The van der Waals surface area contributed by atoms with E-state index in [9.17, 15) is 18.3 Å². The largest absolute Gasteiger partial charge is 0.497 e. The van der Waals surface area contributed by atoms with Crippen molar-refractivity contribution in [3.8, 4) is 29.1 Å². The van der Waals surface area contributed by atoms with Gasteiger partial charge in [0.1, 0.15) is 29.9 Å². The van der Waals surface area contributed by atoms with Crippen LogP contribution in [0.4, 0.5) is 0 Å². The molecule has 0 spiro atoms. The highest BCUT2D eigenvalue weighted by Gasteiger charge is 2.28. The van der Waals surface area contributed by atoms with Crippen molar-refractivity contribution in [2.75, 3.05) is 20.8 Å². The predicted octanol–water partition coefficient (Wildman–Crippen LogP) is 4.39. The van der Waals surface area contributed by atoms with Gasteiger partial charge in [-0.25, -0.2) is 8.42 Å². The molecule has 3 aromatic carbocycles. The minimum Gasteiger partial charge on any atom is -0.497 e. The number of ether oxygens (including phenoxy) is 3. The number of carbonyl (C=O) groups is 1.